The van der Waals surface area contributed by atoms with E-state index < -0.39 is 0 Å². The summed E-state index contributed by atoms with van der Waals surface area (Å²) in [6.45, 7) is 4.15. The number of likely N-dealkylation sites (N-methyl/N-ethyl adjacent to an activating group) is 1. The molecule has 0 saturated heterocycles. The zero-order valence-corrected chi connectivity index (χ0v) is 11.7. The van der Waals surface area contributed by atoms with Crippen molar-refractivity contribution in [3.8, 4) is 5.75 Å². The van der Waals surface area contributed by atoms with Gasteiger partial charge in [-0.05, 0) is 31.2 Å². The fraction of sp³-hybridized carbons (Fsp3) is 0.571. The van der Waals surface area contributed by atoms with Gasteiger partial charge in [0, 0.05) is 12.7 Å². The van der Waals surface area contributed by atoms with Crippen molar-refractivity contribution in [1.29, 1.82) is 0 Å². The molecule has 0 spiro atoms. The van der Waals surface area contributed by atoms with Crippen LogP contribution >= 0.6 is 0 Å². The highest BCUT2D eigenvalue weighted by Crippen LogP contribution is 2.31. The summed E-state index contributed by atoms with van der Waals surface area (Å²) in [5, 5.41) is 3.18. The van der Waals surface area contributed by atoms with Gasteiger partial charge in [-0.1, -0.05) is 13.8 Å². The van der Waals surface area contributed by atoms with Crippen molar-refractivity contribution in [2.75, 3.05) is 21.3 Å². The van der Waals surface area contributed by atoms with Crippen LogP contribution in [0.2, 0.25) is 0 Å². The predicted molar refractivity (Wildman–Crippen MR) is 70.4 cm³/mol. The maximum atomic E-state index is 13.4. The van der Waals surface area contributed by atoms with E-state index in [9.17, 15) is 4.39 Å². The third-order valence-electron chi connectivity index (χ3n) is 3.10. The van der Waals surface area contributed by atoms with E-state index in [0.29, 0.717) is 11.7 Å². The lowest BCUT2D eigenvalue weighted by Gasteiger charge is -2.30. The normalized spacial score (nSPS) is 14.6. The quantitative estimate of drug-likeness (QED) is 0.848. The second-order valence-corrected chi connectivity index (χ2v) is 4.60. The average molecular weight is 255 g/mol. The van der Waals surface area contributed by atoms with Crippen LogP contribution < -0.4 is 10.1 Å². The molecule has 2 unspecified atom stereocenters. The molecule has 0 amide bonds. The van der Waals surface area contributed by atoms with Gasteiger partial charge in [0.05, 0.1) is 19.3 Å². The third kappa shape index (κ3) is 3.21. The lowest BCUT2D eigenvalue weighted by molar-refractivity contribution is 0.0341. The smallest absolute Gasteiger partial charge is 0.123 e. The van der Waals surface area contributed by atoms with Crippen LogP contribution in [0, 0.1) is 11.7 Å². The van der Waals surface area contributed by atoms with Crippen molar-refractivity contribution in [1.82, 2.24) is 5.32 Å². The van der Waals surface area contributed by atoms with Crippen molar-refractivity contribution in [3.63, 3.8) is 0 Å². The number of benzene rings is 1. The van der Waals surface area contributed by atoms with E-state index in [2.05, 4.69) is 19.2 Å². The lowest BCUT2D eigenvalue weighted by atomic mass is 9.93. The first-order valence-electron chi connectivity index (χ1n) is 6.08. The molecule has 1 aromatic rings. The number of hydrogen-bond acceptors (Lipinski definition) is 3. The predicted octanol–water partition coefficient (Wildman–Crippen LogP) is 2.77. The minimum atomic E-state index is -0.273. The van der Waals surface area contributed by atoms with E-state index in [1.807, 2.05) is 7.05 Å². The zero-order chi connectivity index (χ0) is 13.7. The number of hydrogen-bond donors (Lipinski definition) is 1. The van der Waals surface area contributed by atoms with E-state index >= 15 is 0 Å². The van der Waals surface area contributed by atoms with E-state index in [1.165, 1.54) is 12.1 Å². The number of methoxy groups -OCH3 is 2. The van der Waals surface area contributed by atoms with Gasteiger partial charge in [0.2, 0.25) is 0 Å². The maximum Gasteiger partial charge on any atom is 0.123 e. The van der Waals surface area contributed by atoms with Crippen molar-refractivity contribution in [2.45, 2.75) is 26.0 Å². The topological polar surface area (TPSA) is 30.5 Å². The van der Waals surface area contributed by atoms with E-state index in [-0.39, 0.29) is 18.0 Å². The Morgan fingerprint density at radius 2 is 1.89 bits per heavy atom. The number of ether oxygens (including phenoxy) is 2. The SMILES string of the molecule is CNC(c1cc(F)ccc1OC)C(OC)C(C)C. The molecule has 1 aromatic carbocycles. The third-order valence-corrected chi connectivity index (χ3v) is 3.10. The van der Waals surface area contributed by atoms with Gasteiger partial charge in [-0.25, -0.2) is 4.39 Å². The summed E-state index contributed by atoms with van der Waals surface area (Å²) < 4.78 is 24.2. The molecular weight excluding hydrogens is 233 g/mol. The highest BCUT2D eigenvalue weighted by atomic mass is 19.1. The first kappa shape index (κ1) is 14.9. The summed E-state index contributed by atoms with van der Waals surface area (Å²) in [6, 6.07) is 4.42. The molecule has 1 N–H and O–H groups in total. The largest absolute Gasteiger partial charge is 0.496 e. The molecule has 0 aliphatic carbocycles. The Morgan fingerprint density at radius 3 is 2.33 bits per heavy atom. The Bertz CT molecular complexity index is 382. The van der Waals surface area contributed by atoms with Crippen molar-refractivity contribution < 1.29 is 13.9 Å². The van der Waals surface area contributed by atoms with Crippen molar-refractivity contribution >= 4 is 0 Å². The Kier molecular flexibility index (Phi) is 5.56. The Balaban J connectivity index is 3.18. The molecule has 102 valence electrons. The van der Waals surface area contributed by atoms with Gasteiger partial charge in [0.1, 0.15) is 11.6 Å². The van der Waals surface area contributed by atoms with Gasteiger partial charge >= 0.3 is 0 Å². The summed E-state index contributed by atoms with van der Waals surface area (Å²) in [5.74, 6) is 0.698. The summed E-state index contributed by atoms with van der Waals surface area (Å²) in [4.78, 5) is 0. The molecule has 0 radical (unpaired) electrons. The minimum absolute atomic E-state index is 0.0503. The number of rotatable bonds is 6. The fourth-order valence-electron chi connectivity index (χ4n) is 2.24. The molecule has 0 fully saturated rings. The van der Waals surface area contributed by atoms with E-state index in [1.54, 1.807) is 20.3 Å². The second kappa shape index (κ2) is 6.71. The summed E-state index contributed by atoms with van der Waals surface area (Å²) in [6.07, 6.45) is -0.0503. The van der Waals surface area contributed by atoms with Crippen molar-refractivity contribution in [3.05, 3.63) is 29.6 Å². The van der Waals surface area contributed by atoms with Gasteiger partial charge in [-0.3, -0.25) is 0 Å². The lowest BCUT2D eigenvalue weighted by Crippen LogP contribution is -2.35. The van der Waals surface area contributed by atoms with Crippen LogP contribution in [0.4, 0.5) is 4.39 Å². The molecule has 0 saturated carbocycles. The summed E-state index contributed by atoms with van der Waals surface area (Å²) >= 11 is 0. The van der Waals surface area contributed by atoms with Crippen LogP contribution in [0.5, 0.6) is 5.75 Å². The van der Waals surface area contributed by atoms with Crippen LogP contribution in [-0.4, -0.2) is 27.4 Å². The van der Waals surface area contributed by atoms with Gasteiger partial charge < -0.3 is 14.8 Å². The van der Waals surface area contributed by atoms with Crippen LogP contribution in [-0.2, 0) is 4.74 Å². The Hall–Kier alpha value is -1.13. The molecular formula is C14H22FNO2. The highest BCUT2D eigenvalue weighted by Gasteiger charge is 2.27. The standard InChI is InChI=1S/C14H22FNO2/c1-9(2)14(18-5)13(16-3)11-8-10(15)6-7-12(11)17-4/h6-9,13-14,16H,1-5H3. The molecule has 0 heterocycles. The van der Waals surface area contributed by atoms with Gasteiger partial charge in [-0.15, -0.1) is 0 Å². The minimum Gasteiger partial charge on any atom is -0.496 e. The molecule has 0 bridgehead atoms. The Morgan fingerprint density at radius 1 is 1.22 bits per heavy atom. The average Bonchev–Trinajstić information content (AvgIpc) is 2.35. The van der Waals surface area contributed by atoms with Gasteiger partial charge in [0.25, 0.3) is 0 Å². The van der Waals surface area contributed by atoms with Crippen LogP contribution in [0.15, 0.2) is 18.2 Å². The molecule has 18 heavy (non-hydrogen) atoms. The van der Waals surface area contributed by atoms with Gasteiger partial charge in [0.15, 0.2) is 0 Å². The number of halogens is 1. The summed E-state index contributed by atoms with van der Waals surface area (Å²) in [7, 11) is 5.09. The molecule has 1 rings (SSSR count). The monoisotopic (exact) mass is 255 g/mol. The fourth-order valence-corrected chi connectivity index (χ4v) is 2.24. The molecule has 0 aliphatic rings. The highest BCUT2D eigenvalue weighted by molar-refractivity contribution is 5.37. The summed E-state index contributed by atoms with van der Waals surface area (Å²) in [5.41, 5.74) is 0.778. The first-order chi connectivity index (χ1) is 8.54. The molecule has 2 atom stereocenters. The first-order valence-corrected chi connectivity index (χ1v) is 6.08. The van der Waals surface area contributed by atoms with Crippen LogP contribution in [0.3, 0.4) is 0 Å². The van der Waals surface area contributed by atoms with Gasteiger partial charge in [-0.2, -0.15) is 0 Å². The van der Waals surface area contributed by atoms with Crippen LogP contribution in [0.25, 0.3) is 0 Å². The van der Waals surface area contributed by atoms with E-state index in [0.717, 1.165) is 5.56 Å². The molecule has 0 aliphatic heterocycles. The van der Waals surface area contributed by atoms with Crippen LogP contribution in [0.1, 0.15) is 25.5 Å². The maximum absolute atomic E-state index is 13.4. The van der Waals surface area contributed by atoms with E-state index in [4.69, 9.17) is 9.47 Å². The second-order valence-electron chi connectivity index (χ2n) is 4.60. The molecule has 3 nitrogen and oxygen atoms in total. The molecule has 0 aromatic heterocycles. The number of nitrogens with one attached hydrogen (secondary N) is 1. The zero-order valence-electron chi connectivity index (χ0n) is 11.7. The Labute approximate surface area is 108 Å². The van der Waals surface area contributed by atoms with Crippen molar-refractivity contribution in [2.24, 2.45) is 5.92 Å². The molecule has 4 heteroatoms.